The molecular formula is C31H29BrCl2N2O3. The van der Waals surface area contributed by atoms with Crippen LogP contribution >= 0.6 is 39.1 Å². The van der Waals surface area contributed by atoms with Crippen molar-refractivity contribution in [3.05, 3.63) is 111 Å². The van der Waals surface area contributed by atoms with Crippen LogP contribution in [-0.2, 0) is 22.6 Å². The van der Waals surface area contributed by atoms with Crippen LogP contribution in [0.5, 0.6) is 5.75 Å². The van der Waals surface area contributed by atoms with Gasteiger partial charge < -0.3 is 15.0 Å². The second-order valence-electron chi connectivity index (χ2n) is 9.53. The highest BCUT2D eigenvalue weighted by Gasteiger charge is 2.31. The summed E-state index contributed by atoms with van der Waals surface area (Å²) in [5, 5.41) is 5.81. The number of benzene rings is 4. The van der Waals surface area contributed by atoms with E-state index in [1.165, 1.54) is 0 Å². The van der Waals surface area contributed by atoms with E-state index in [-0.39, 0.29) is 31.0 Å². The number of halogens is 3. The summed E-state index contributed by atoms with van der Waals surface area (Å²) in [7, 11) is 0. The van der Waals surface area contributed by atoms with Gasteiger partial charge in [0.05, 0.1) is 14.5 Å². The number of ether oxygens (including phenoxy) is 1. The number of hydrogen-bond donors (Lipinski definition) is 1. The van der Waals surface area contributed by atoms with Crippen LogP contribution in [0.2, 0.25) is 10.0 Å². The number of fused-ring (bicyclic) bond motifs is 1. The highest BCUT2D eigenvalue weighted by molar-refractivity contribution is 9.10. The highest BCUT2D eigenvalue weighted by Crippen LogP contribution is 2.33. The third kappa shape index (κ3) is 7.53. The van der Waals surface area contributed by atoms with Crippen molar-refractivity contribution in [2.75, 3.05) is 6.61 Å². The molecule has 0 aliphatic carbocycles. The van der Waals surface area contributed by atoms with E-state index in [1.54, 1.807) is 23.1 Å². The minimum Gasteiger partial charge on any atom is -0.483 e. The maximum Gasteiger partial charge on any atom is 0.261 e. The molecule has 0 aliphatic heterocycles. The van der Waals surface area contributed by atoms with Gasteiger partial charge in [0.2, 0.25) is 5.91 Å². The molecule has 0 radical (unpaired) electrons. The maximum absolute atomic E-state index is 13.8. The van der Waals surface area contributed by atoms with Gasteiger partial charge in [-0.15, -0.1) is 0 Å². The van der Waals surface area contributed by atoms with Crippen molar-refractivity contribution >= 4 is 61.7 Å². The van der Waals surface area contributed by atoms with E-state index in [4.69, 9.17) is 27.9 Å². The van der Waals surface area contributed by atoms with Gasteiger partial charge in [-0.3, -0.25) is 9.59 Å². The van der Waals surface area contributed by atoms with Crippen molar-refractivity contribution < 1.29 is 14.3 Å². The SMILES string of the molecule is CC(C)NC(=O)C(Cc1ccccc1)N(Cc1ccc(Cl)c(Cl)c1)C(=O)COc1ccc2ccccc2c1Br. The number of amides is 2. The monoisotopic (exact) mass is 626 g/mol. The molecule has 0 bridgehead atoms. The second-order valence-corrected chi connectivity index (χ2v) is 11.1. The molecule has 202 valence electrons. The average molecular weight is 628 g/mol. The van der Waals surface area contributed by atoms with Gasteiger partial charge in [-0.05, 0) is 69.9 Å². The smallest absolute Gasteiger partial charge is 0.261 e. The zero-order valence-corrected chi connectivity index (χ0v) is 24.8. The van der Waals surface area contributed by atoms with Gasteiger partial charge in [-0.1, -0.05) is 89.9 Å². The van der Waals surface area contributed by atoms with Gasteiger partial charge in [0.15, 0.2) is 6.61 Å². The summed E-state index contributed by atoms with van der Waals surface area (Å²) in [6.07, 6.45) is 0.339. The molecule has 5 nitrogen and oxygen atoms in total. The van der Waals surface area contributed by atoms with Crippen molar-refractivity contribution in [1.82, 2.24) is 10.2 Å². The Labute approximate surface area is 247 Å². The first-order valence-corrected chi connectivity index (χ1v) is 14.2. The minimum absolute atomic E-state index is 0.0949. The molecule has 1 N–H and O–H groups in total. The van der Waals surface area contributed by atoms with Gasteiger partial charge in [-0.2, -0.15) is 0 Å². The Kier molecular flexibility index (Phi) is 9.89. The largest absolute Gasteiger partial charge is 0.483 e. The molecule has 8 heteroatoms. The zero-order valence-electron chi connectivity index (χ0n) is 21.7. The summed E-state index contributed by atoms with van der Waals surface area (Å²) in [5.41, 5.74) is 1.69. The Morgan fingerprint density at radius 3 is 2.33 bits per heavy atom. The van der Waals surface area contributed by atoms with Gasteiger partial charge >= 0.3 is 0 Å². The Bertz CT molecular complexity index is 1460. The normalized spacial score (nSPS) is 11.8. The lowest BCUT2D eigenvalue weighted by molar-refractivity contribution is -0.143. The van der Waals surface area contributed by atoms with E-state index < -0.39 is 6.04 Å². The van der Waals surface area contributed by atoms with E-state index in [0.717, 1.165) is 26.4 Å². The predicted octanol–water partition coefficient (Wildman–Crippen LogP) is 7.45. The lowest BCUT2D eigenvalue weighted by Crippen LogP contribution is -2.52. The van der Waals surface area contributed by atoms with Gasteiger partial charge in [0.25, 0.3) is 5.91 Å². The molecule has 0 saturated heterocycles. The first-order chi connectivity index (χ1) is 18.7. The molecule has 39 heavy (non-hydrogen) atoms. The van der Waals surface area contributed by atoms with Crippen molar-refractivity contribution in [3.8, 4) is 5.75 Å². The van der Waals surface area contributed by atoms with E-state index in [9.17, 15) is 9.59 Å². The van der Waals surface area contributed by atoms with Crippen LogP contribution in [0.4, 0.5) is 0 Å². The molecule has 0 saturated carbocycles. The molecule has 4 aromatic carbocycles. The fraction of sp³-hybridized carbons (Fsp3) is 0.226. The molecular weight excluding hydrogens is 599 g/mol. The van der Waals surface area contributed by atoms with E-state index in [1.807, 2.05) is 80.6 Å². The fourth-order valence-electron chi connectivity index (χ4n) is 4.32. The Morgan fingerprint density at radius 2 is 1.62 bits per heavy atom. The number of carbonyl (C=O) groups is 2. The summed E-state index contributed by atoms with van der Waals surface area (Å²) >= 11 is 16.0. The lowest BCUT2D eigenvalue weighted by Gasteiger charge is -2.32. The van der Waals surface area contributed by atoms with Gasteiger partial charge in [0, 0.05) is 19.0 Å². The molecule has 2 amide bonds. The Balaban J connectivity index is 1.65. The van der Waals surface area contributed by atoms with E-state index in [0.29, 0.717) is 22.2 Å². The highest BCUT2D eigenvalue weighted by atomic mass is 79.9. The molecule has 1 atom stereocenters. The molecule has 4 aromatic rings. The van der Waals surface area contributed by atoms with Crippen molar-refractivity contribution in [3.63, 3.8) is 0 Å². The number of nitrogens with one attached hydrogen (secondary N) is 1. The first-order valence-electron chi connectivity index (χ1n) is 12.6. The number of rotatable bonds is 10. The van der Waals surface area contributed by atoms with Crippen molar-refractivity contribution in [1.29, 1.82) is 0 Å². The van der Waals surface area contributed by atoms with Gasteiger partial charge in [0.1, 0.15) is 11.8 Å². The van der Waals surface area contributed by atoms with Crippen LogP contribution in [0.1, 0.15) is 25.0 Å². The molecule has 4 rings (SSSR count). The summed E-state index contributed by atoms with van der Waals surface area (Å²) in [4.78, 5) is 28.9. The Morgan fingerprint density at radius 1 is 0.897 bits per heavy atom. The standard InChI is InChI=1S/C31H29BrCl2N2O3/c1-20(2)35-31(38)27(17-21-8-4-3-5-9-21)36(18-22-12-14-25(33)26(34)16-22)29(37)19-39-28-15-13-23-10-6-7-11-24(23)30(28)32/h3-16,20,27H,17-19H2,1-2H3,(H,35,38). The molecule has 0 heterocycles. The van der Waals surface area contributed by atoms with Crippen LogP contribution in [0.15, 0.2) is 89.4 Å². The van der Waals surface area contributed by atoms with Crippen LogP contribution in [-0.4, -0.2) is 35.4 Å². The van der Waals surface area contributed by atoms with Crippen LogP contribution < -0.4 is 10.1 Å². The predicted molar refractivity (Wildman–Crippen MR) is 161 cm³/mol. The number of carbonyl (C=O) groups excluding carboxylic acids is 2. The molecule has 1 unspecified atom stereocenters. The van der Waals surface area contributed by atoms with Gasteiger partial charge in [-0.25, -0.2) is 0 Å². The van der Waals surface area contributed by atoms with Crippen LogP contribution in [0.25, 0.3) is 10.8 Å². The van der Waals surface area contributed by atoms with E-state index >= 15 is 0 Å². The van der Waals surface area contributed by atoms with Crippen LogP contribution in [0.3, 0.4) is 0 Å². The Hall–Kier alpha value is -3.06. The first kappa shape index (κ1) is 28.9. The minimum atomic E-state index is -0.777. The zero-order chi connectivity index (χ0) is 27.9. The summed E-state index contributed by atoms with van der Waals surface area (Å²) in [6, 6.07) is 25.6. The molecule has 0 spiro atoms. The fourth-order valence-corrected chi connectivity index (χ4v) is 5.25. The molecule has 0 aromatic heterocycles. The van der Waals surface area contributed by atoms with Crippen LogP contribution in [0, 0.1) is 0 Å². The molecule has 0 fully saturated rings. The third-order valence-electron chi connectivity index (χ3n) is 6.22. The number of nitrogens with zero attached hydrogens (tertiary/aromatic N) is 1. The number of hydrogen-bond acceptors (Lipinski definition) is 3. The van der Waals surface area contributed by atoms with Crippen molar-refractivity contribution in [2.45, 2.75) is 38.9 Å². The topological polar surface area (TPSA) is 58.6 Å². The lowest BCUT2D eigenvalue weighted by atomic mass is 10.0. The summed E-state index contributed by atoms with van der Waals surface area (Å²) in [6.45, 7) is 3.69. The quantitative estimate of drug-likeness (QED) is 0.199. The van der Waals surface area contributed by atoms with E-state index in [2.05, 4.69) is 21.2 Å². The third-order valence-corrected chi connectivity index (χ3v) is 7.77. The summed E-state index contributed by atoms with van der Waals surface area (Å²) in [5.74, 6) is -0.0297. The maximum atomic E-state index is 13.8. The summed E-state index contributed by atoms with van der Waals surface area (Å²) < 4.78 is 6.78. The molecule has 0 aliphatic rings. The average Bonchev–Trinajstić information content (AvgIpc) is 2.92. The van der Waals surface area contributed by atoms with Crippen molar-refractivity contribution in [2.24, 2.45) is 0 Å². The second kappa shape index (κ2) is 13.3.